The number of hydrogen-bond donors (Lipinski definition) is 2. The first-order valence-corrected chi connectivity index (χ1v) is 10.3. The zero-order valence-corrected chi connectivity index (χ0v) is 14.4. The maximum atomic E-state index is 12.3. The number of hydrogen-bond acceptors (Lipinski definition) is 4. The molecule has 4 nitrogen and oxygen atoms in total. The number of rotatable bonds is 9. The van der Waals surface area contributed by atoms with Crippen LogP contribution in [0.25, 0.3) is 0 Å². The molecule has 2 N–H and O–H groups in total. The third-order valence-corrected chi connectivity index (χ3v) is 6.68. The Labute approximate surface area is 132 Å². The lowest BCUT2D eigenvalue weighted by atomic mass is 10.0. The maximum absolute atomic E-state index is 12.3. The highest BCUT2D eigenvalue weighted by Gasteiger charge is 2.19. The van der Waals surface area contributed by atoms with Crippen LogP contribution < -0.4 is 10.0 Å². The highest BCUT2D eigenvalue weighted by Crippen LogP contribution is 2.28. The zero-order valence-electron chi connectivity index (χ0n) is 12.7. The van der Waals surface area contributed by atoms with E-state index in [1.165, 1.54) is 37.0 Å². The third kappa shape index (κ3) is 5.06. The minimum absolute atomic E-state index is 0.439. The fraction of sp³-hybridized carbons (Fsp3) is 0.733. The van der Waals surface area contributed by atoms with Crippen molar-refractivity contribution in [1.29, 1.82) is 0 Å². The van der Waals surface area contributed by atoms with Crippen LogP contribution in [0.1, 0.15) is 50.3 Å². The summed E-state index contributed by atoms with van der Waals surface area (Å²) in [6.07, 6.45) is 7.43. The summed E-state index contributed by atoms with van der Waals surface area (Å²) < 4.78 is 27.4. The van der Waals surface area contributed by atoms with Gasteiger partial charge in [0.05, 0.1) is 4.90 Å². The van der Waals surface area contributed by atoms with Crippen LogP contribution in [0.15, 0.2) is 16.3 Å². The Kier molecular flexibility index (Phi) is 6.67. The van der Waals surface area contributed by atoms with Gasteiger partial charge in [-0.2, -0.15) is 0 Å². The van der Waals surface area contributed by atoms with Crippen molar-refractivity contribution >= 4 is 21.4 Å². The second-order valence-corrected chi connectivity index (χ2v) is 8.41. The Morgan fingerprint density at radius 2 is 2.10 bits per heavy atom. The molecule has 2 rings (SSSR count). The van der Waals surface area contributed by atoms with E-state index < -0.39 is 10.0 Å². The highest BCUT2D eigenvalue weighted by atomic mass is 32.2. The molecule has 0 amide bonds. The minimum Gasteiger partial charge on any atom is -0.312 e. The van der Waals surface area contributed by atoms with Gasteiger partial charge in [-0.3, -0.25) is 0 Å². The average molecular weight is 331 g/mol. The number of nitrogens with one attached hydrogen (secondary N) is 2. The van der Waals surface area contributed by atoms with Gasteiger partial charge >= 0.3 is 0 Å². The van der Waals surface area contributed by atoms with Crippen molar-refractivity contribution in [2.45, 2.75) is 56.9 Å². The van der Waals surface area contributed by atoms with Crippen LogP contribution in [0.3, 0.4) is 0 Å². The largest absolute Gasteiger partial charge is 0.312 e. The van der Waals surface area contributed by atoms with Gasteiger partial charge in [0.25, 0.3) is 0 Å². The molecule has 0 saturated heterocycles. The lowest BCUT2D eigenvalue weighted by Crippen LogP contribution is -2.26. The summed E-state index contributed by atoms with van der Waals surface area (Å²) in [5.41, 5.74) is 0. The lowest BCUT2D eigenvalue weighted by molar-refractivity contribution is 0.480. The smallest absolute Gasteiger partial charge is 0.241 e. The Morgan fingerprint density at radius 1 is 1.33 bits per heavy atom. The summed E-state index contributed by atoms with van der Waals surface area (Å²) in [4.78, 5) is 1.33. The van der Waals surface area contributed by atoms with E-state index in [0.717, 1.165) is 30.2 Å². The Morgan fingerprint density at radius 3 is 2.81 bits per heavy atom. The second-order valence-electron chi connectivity index (χ2n) is 5.68. The van der Waals surface area contributed by atoms with Gasteiger partial charge < -0.3 is 5.32 Å². The van der Waals surface area contributed by atoms with E-state index in [2.05, 4.69) is 10.0 Å². The molecule has 0 spiro atoms. The van der Waals surface area contributed by atoms with Crippen LogP contribution in [0, 0.1) is 5.92 Å². The first kappa shape index (κ1) is 16.9. The molecule has 1 aromatic rings. The van der Waals surface area contributed by atoms with Crippen molar-refractivity contribution in [3.05, 3.63) is 16.3 Å². The molecule has 0 radical (unpaired) electrons. The Balaban J connectivity index is 1.81. The van der Waals surface area contributed by atoms with Crippen LogP contribution in [-0.2, 0) is 16.6 Å². The molecule has 21 heavy (non-hydrogen) atoms. The molecule has 1 heterocycles. The van der Waals surface area contributed by atoms with Crippen molar-refractivity contribution in [3.63, 3.8) is 0 Å². The van der Waals surface area contributed by atoms with Crippen LogP contribution in [0.4, 0.5) is 0 Å². The predicted octanol–water partition coefficient (Wildman–Crippen LogP) is 3.11. The van der Waals surface area contributed by atoms with Gasteiger partial charge in [0.2, 0.25) is 10.0 Å². The standard InChI is InChI=1S/C15H26N2O2S2/c1-2-16-12-14-15(9-11-20-14)21(18,19)17-10-5-8-13-6-3-4-7-13/h9,11,13,16-17H,2-8,10,12H2,1H3. The molecule has 1 aliphatic carbocycles. The molecule has 0 aliphatic heterocycles. The van der Waals surface area contributed by atoms with E-state index >= 15 is 0 Å². The van der Waals surface area contributed by atoms with Crippen LogP contribution in [0.5, 0.6) is 0 Å². The molecule has 1 saturated carbocycles. The van der Waals surface area contributed by atoms with Crippen molar-refractivity contribution in [2.24, 2.45) is 5.92 Å². The van der Waals surface area contributed by atoms with Crippen LogP contribution in [0.2, 0.25) is 0 Å². The lowest BCUT2D eigenvalue weighted by Gasteiger charge is -2.10. The van der Waals surface area contributed by atoms with E-state index in [-0.39, 0.29) is 0 Å². The Bertz CT molecular complexity index is 520. The summed E-state index contributed by atoms with van der Waals surface area (Å²) in [5, 5.41) is 5.03. The fourth-order valence-electron chi connectivity index (χ4n) is 2.91. The molecule has 1 aliphatic rings. The van der Waals surface area contributed by atoms with E-state index in [9.17, 15) is 8.42 Å². The topological polar surface area (TPSA) is 58.2 Å². The SMILES string of the molecule is CCNCc1sccc1S(=O)(=O)NCCCC1CCCC1. The van der Waals surface area contributed by atoms with E-state index in [1.807, 2.05) is 12.3 Å². The zero-order chi connectivity index (χ0) is 15.1. The van der Waals surface area contributed by atoms with Crippen LogP contribution in [-0.4, -0.2) is 21.5 Å². The first-order chi connectivity index (χ1) is 10.1. The van der Waals surface area contributed by atoms with Crippen molar-refractivity contribution in [3.8, 4) is 0 Å². The summed E-state index contributed by atoms with van der Waals surface area (Å²) in [7, 11) is -3.35. The quantitative estimate of drug-likeness (QED) is 0.684. The monoisotopic (exact) mass is 330 g/mol. The van der Waals surface area contributed by atoms with Crippen molar-refractivity contribution in [1.82, 2.24) is 10.0 Å². The maximum Gasteiger partial charge on any atom is 0.241 e. The summed E-state index contributed by atoms with van der Waals surface area (Å²) >= 11 is 1.49. The molecule has 0 bridgehead atoms. The molecular weight excluding hydrogens is 304 g/mol. The molecule has 0 unspecified atom stereocenters. The van der Waals surface area contributed by atoms with Gasteiger partial charge in [-0.15, -0.1) is 11.3 Å². The van der Waals surface area contributed by atoms with Gasteiger partial charge in [-0.05, 0) is 36.8 Å². The van der Waals surface area contributed by atoms with E-state index in [1.54, 1.807) is 6.07 Å². The summed E-state index contributed by atoms with van der Waals surface area (Å²) in [5.74, 6) is 0.819. The first-order valence-electron chi connectivity index (χ1n) is 7.90. The van der Waals surface area contributed by atoms with Crippen molar-refractivity contribution < 1.29 is 8.42 Å². The molecule has 0 atom stereocenters. The van der Waals surface area contributed by atoms with Gasteiger partial charge in [0.15, 0.2) is 0 Å². The molecule has 0 aromatic carbocycles. The number of sulfonamides is 1. The van der Waals surface area contributed by atoms with Gasteiger partial charge in [-0.25, -0.2) is 13.1 Å². The predicted molar refractivity (Wildman–Crippen MR) is 88.1 cm³/mol. The molecule has 1 aromatic heterocycles. The molecule has 6 heteroatoms. The average Bonchev–Trinajstić information content (AvgIpc) is 3.12. The Hall–Kier alpha value is -0.430. The minimum atomic E-state index is -3.35. The molecule has 120 valence electrons. The number of thiophene rings is 1. The summed E-state index contributed by atoms with van der Waals surface area (Å²) in [6, 6.07) is 1.71. The second kappa shape index (κ2) is 8.27. The molecular formula is C15H26N2O2S2. The van der Waals surface area contributed by atoms with Gasteiger partial charge in [0.1, 0.15) is 0 Å². The fourth-order valence-corrected chi connectivity index (χ4v) is 5.40. The van der Waals surface area contributed by atoms with Gasteiger partial charge in [0, 0.05) is 18.0 Å². The van der Waals surface area contributed by atoms with E-state index in [4.69, 9.17) is 0 Å². The van der Waals surface area contributed by atoms with Gasteiger partial charge in [-0.1, -0.05) is 32.6 Å². The third-order valence-electron chi connectivity index (χ3n) is 4.09. The summed E-state index contributed by atoms with van der Waals surface area (Å²) in [6.45, 7) is 4.02. The van der Waals surface area contributed by atoms with Crippen LogP contribution >= 0.6 is 11.3 Å². The molecule has 1 fully saturated rings. The normalized spacial score (nSPS) is 16.6. The van der Waals surface area contributed by atoms with Crippen molar-refractivity contribution in [2.75, 3.05) is 13.1 Å². The van der Waals surface area contributed by atoms with E-state index in [0.29, 0.717) is 18.0 Å². The highest BCUT2D eigenvalue weighted by molar-refractivity contribution is 7.89.